The van der Waals surface area contributed by atoms with Gasteiger partial charge in [-0.25, -0.2) is 0 Å². The van der Waals surface area contributed by atoms with Gasteiger partial charge in [0.05, 0.1) is 18.9 Å². The number of phenolic OH excluding ortho intramolecular Hbond substituents is 1. The number of hydrogen-bond acceptors (Lipinski definition) is 6. The zero-order valence-electron chi connectivity index (χ0n) is 18.8. The number of allylic oxidation sites excluding steroid dienone is 6. The predicted octanol–water partition coefficient (Wildman–Crippen LogP) is 2.85. The average molecular weight is 447 g/mol. The highest BCUT2D eigenvalue weighted by Gasteiger charge is 2.56. The molecule has 0 unspecified atom stereocenters. The van der Waals surface area contributed by atoms with E-state index in [9.17, 15) is 24.3 Å². The summed E-state index contributed by atoms with van der Waals surface area (Å²) in [6.45, 7) is 3.70. The molecule has 3 aliphatic carbocycles. The second-order valence-electron chi connectivity index (χ2n) is 9.07. The van der Waals surface area contributed by atoms with Gasteiger partial charge in [-0.05, 0) is 44.7 Å². The van der Waals surface area contributed by atoms with Crippen molar-refractivity contribution in [2.24, 2.45) is 17.8 Å². The van der Waals surface area contributed by atoms with Gasteiger partial charge in [0.15, 0.2) is 11.6 Å². The summed E-state index contributed by atoms with van der Waals surface area (Å²) < 4.78 is 5.21. The maximum absolute atomic E-state index is 13.3. The fourth-order valence-corrected chi connectivity index (χ4v) is 5.99. The minimum atomic E-state index is -0.663. The zero-order valence-corrected chi connectivity index (χ0v) is 18.8. The van der Waals surface area contributed by atoms with Crippen molar-refractivity contribution in [3.05, 3.63) is 58.2 Å². The molecule has 1 aromatic rings. The highest BCUT2D eigenvalue weighted by atomic mass is 16.5. The lowest BCUT2D eigenvalue weighted by Gasteiger charge is -2.42. The number of benzene rings is 1. The highest BCUT2D eigenvalue weighted by molar-refractivity contribution is 6.23. The van der Waals surface area contributed by atoms with Gasteiger partial charge in [0.1, 0.15) is 11.5 Å². The number of carbonyl (C=O) groups excluding carboxylic acids is 4. The lowest BCUT2D eigenvalue weighted by Crippen LogP contribution is -2.39. The van der Waals surface area contributed by atoms with E-state index in [0.717, 1.165) is 5.57 Å². The van der Waals surface area contributed by atoms with Crippen LogP contribution in [0.25, 0.3) is 0 Å². The van der Waals surface area contributed by atoms with Crippen molar-refractivity contribution in [3.8, 4) is 11.5 Å². The number of hydrogen-bond donors (Lipinski definition) is 1. The summed E-state index contributed by atoms with van der Waals surface area (Å²) in [5, 5.41) is 10.9. The van der Waals surface area contributed by atoms with Gasteiger partial charge in [-0.1, -0.05) is 17.7 Å². The minimum absolute atomic E-state index is 0.0497. The first kappa shape index (κ1) is 21.4. The first-order chi connectivity index (χ1) is 15.8. The molecule has 4 atom stereocenters. The number of likely N-dealkylation sites (tertiary alicyclic amines) is 1. The number of ether oxygens (including phenoxy) is 1. The van der Waals surface area contributed by atoms with E-state index in [4.69, 9.17) is 4.74 Å². The third-order valence-electron chi connectivity index (χ3n) is 7.52. The molecule has 1 fully saturated rings. The number of Topliss-reactive ketones (excluding diaryl/α,β-unsaturated/α-hetero) is 1. The number of methoxy groups -OCH3 is 1. The Labute approximate surface area is 191 Å². The summed E-state index contributed by atoms with van der Waals surface area (Å²) in [5.74, 6) is -2.51. The van der Waals surface area contributed by atoms with Crippen LogP contribution in [-0.2, 0) is 19.2 Å². The highest BCUT2D eigenvalue weighted by Crippen LogP contribution is 2.56. The van der Waals surface area contributed by atoms with Gasteiger partial charge in [-0.2, -0.15) is 0 Å². The fraction of sp³-hybridized carbons (Fsp3) is 0.385. The Kier molecular flexibility index (Phi) is 4.88. The van der Waals surface area contributed by atoms with Crippen LogP contribution in [0.2, 0.25) is 0 Å². The first-order valence-corrected chi connectivity index (χ1v) is 11.2. The molecular weight excluding hydrogens is 422 g/mol. The van der Waals surface area contributed by atoms with E-state index in [2.05, 4.69) is 0 Å². The Morgan fingerprint density at radius 2 is 1.88 bits per heavy atom. The number of phenols is 1. The molecule has 1 aromatic carbocycles. The van der Waals surface area contributed by atoms with Crippen molar-refractivity contribution in [1.29, 1.82) is 0 Å². The number of rotatable bonds is 3. The maximum Gasteiger partial charge on any atom is 0.233 e. The lowest BCUT2D eigenvalue weighted by atomic mass is 9.59. The zero-order chi connectivity index (χ0) is 23.6. The van der Waals surface area contributed by atoms with Crippen molar-refractivity contribution >= 4 is 23.4 Å². The topological polar surface area (TPSA) is 101 Å². The van der Waals surface area contributed by atoms with E-state index in [0.29, 0.717) is 41.0 Å². The fourth-order valence-electron chi connectivity index (χ4n) is 5.99. The van der Waals surface area contributed by atoms with Crippen molar-refractivity contribution in [3.63, 3.8) is 0 Å². The summed E-state index contributed by atoms with van der Waals surface area (Å²) in [6, 6.07) is 4.88. The molecule has 0 bridgehead atoms. The van der Waals surface area contributed by atoms with Gasteiger partial charge in [0.25, 0.3) is 0 Å². The molecule has 0 spiro atoms. The molecule has 0 saturated carbocycles. The minimum Gasteiger partial charge on any atom is -0.507 e. The Balaban J connectivity index is 1.71. The monoisotopic (exact) mass is 447 g/mol. The number of amides is 2. The molecule has 5 rings (SSSR count). The van der Waals surface area contributed by atoms with Crippen LogP contribution >= 0.6 is 0 Å². The summed E-state index contributed by atoms with van der Waals surface area (Å²) in [5.41, 5.74) is 2.41. The molecule has 7 heteroatoms. The standard InChI is InChI=1S/C26H25NO6/c1-4-27-25(31)16-8-7-14-17(22(16)26(27)32)11-18-19(28)9-12(2)24(30)23(18)21(14)15-6-5-13(33-3)10-20(15)29/h5-7,9-10,16-17,21-22,29H,4,8,11H2,1-3H3/t16-,17+,21+,22-/m0/s1. The third kappa shape index (κ3) is 2.95. The quantitative estimate of drug-likeness (QED) is 0.434. The maximum atomic E-state index is 13.3. The Hall–Kier alpha value is -3.48. The van der Waals surface area contributed by atoms with Crippen LogP contribution in [0, 0.1) is 17.8 Å². The first-order valence-electron chi connectivity index (χ1n) is 11.2. The normalized spacial score (nSPS) is 28.9. The number of nitrogens with zero attached hydrogens (tertiary/aromatic N) is 1. The van der Waals surface area contributed by atoms with Gasteiger partial charge >= 0.3 is 0 Å². The average Bonchev–Trinajstić information content (AvgIpc) is 3.05. The Bertz CT molecular complexity index is 1220. The van der Waals surface area contributed by atoms with Crippen LogP contribution in [0.5, 0.6) is 11.5 Å². The van der Waals surface area contributed by atoms with E-state index >= 15 is 0 Å². The predicted molar refractivity (Wildman–Crippen MR) is 118 cm³/mol. The van der Waals surface area contributed by atoms with Crippen molar-refractivity contribution in [2.75, 3.05) is 13.7 Å². The number of ketones is 2. The summed E-state index contributed by atoms with van der Waals surface area (Å²) >= 11 is 0. The van der Waals surface area contributed by atoms with Crippen LogP contribution in [-0.4, -0.2) is 47.0 Å². The largest absolute Gasteiger partial charge is 0.507 e. The summed E-state index contributed by atoms with van der Waals surface area (Å²) in [7, 11) is 1.50. The smallest absolute Gasteiger partial charge is 0.233 e. The van der Waals surface area contributed by atoms with Crippen LogP contribution in [0.1, 0.15) is 38.2 Å². The second-order valence-corrected chi connectivity index (χ2v) is 9.07. The third-order valence-corrected chi connectivity index (χ3v) is 7.52. The molecule has 1 aliphatic heterocycles. The van der Waals surface area contributed by atoms with E-state index in [1.165, 1.54) is 24.2 Å². The van der Waals surface area contributed by atoms with E-state index in [1.807, 2.05) is 6.08 Å². The molecule has 0 radical (unpaired) electrons. The molecule has 1 N–H and O–H groups in total. The lowest BCUT2D eigenvalue weighted by molar-refractivity contribution is -0.139. The van der Waals surface area contributed by atoms with Gasteiger partial charge in [-0.3, -0.25) is 24.1 Å². The molecule has 1 heterocycles. The van der Waals surface area contributed by atoms with Crippen LogP contribution in [0.15, 0.2) is 52.6 Å². The van der Waals surface area contributed by atoms with Crippen molar-refractivity contribution in [1.82, 2.24) is 4.90 Å². The number of fused-ring (bicyclic) bond motifs is 3. The Morgan fingerprint density at radius 1 is 1.12 bits per heavy atom. The number of carbonyl (C=O) groups is 4. The SMILES string of the molecule is CCN1C(=O)[C@H]2[C@H](CC=C3[C@H](c4ccc(OC)cc4O)C4=C(C[C@H]32)C(=O)C=C(C)C4=O)C1=O. The molecule has 170 valence electrons. The summed E-state index contributed by atoms with van der Waals surface area (Å²) in [4.78, 5) is 53.7. The van der Waals surface area contributed by atoms with Crippen LogP contribution in [0.3, 0.4) is 0 Å². The van der Waals surface area contributed by atoms with Crippen LogP contribution < -0.4 is 4.74 Å². The van der Waals surface area contributed by atoms with E-state index in [1.54, 1.807) is 26.0 Å². The molecule has 1 saturated heterocycles. The van der Waals surface area contributed by atoms with E-state index < -0.39 is 17.8 Å². The number of imide groups is 1. The Morgan fingerprint density at radius 3 is 2.55 bits per heavy atom. The molecule has 7 nitrogen and oxygen atoms in total. The second kappa shape index (κ2) is 7.54. The molecule has 33 heavy (non-hydrogen) atoms. The van der Waals surface area contributed by atoms with Crippen LogP contribution in [0.4, 0.5) is 0 Å². The van der Waals surface area contributed by atoms with Gasteiger partial charge in [-0.15, -0.1) is 0 Å². The van der Waals surface area contributed by atoms with Gasteiger partial charge < -0.3 is 9.84 Å². The van der Waals surface area contributed by atoms with Crippen molar-refractivity contribution in [2.45, 2.75) is 32.6 Å². The van der Waals surface area contributed by atoms with E-state index in [-0.39, 0.29) is 41.5 Å². The van der Waals surface area contributed by atoms with Gasteiger partial charge in [0, 0.05) is 40.8 Å². The summed E-state index contributed by atoms with van der Waals surface area (Å²) in [6.07, 6.45) is 3.92. The molecule has 4 aliphatic rings. The number of aromatic hydroxyl groups is 1. The molecule has 0 aromatic heterocycles. The van der Waals surface area contributed by atoms with Gasteiger partial charge in [0.2, 0.25) is 11.8 Å². The van der Waals surface area contributed by atoms with Crippen molar-refractivity contribution < 1.29 is 29.0 Å². The molecular formula is C26H25NO6. The molecule has 2 amide bonds.